The Balaban J connectivity index is 2.83. The van der Waals surface area contributed by atoms with Gasteiger partial charge >= 0.3 is 6.09 Å². The molecule has 0 unspecified atom stereocenters. The number of nitrogens with zero attached hydrogens (tertiary/aromatic N) is 1. The number of anilines is 1. The highest BCUT2D eigenvalue weighted by molar-refractivity contribution is 5.87. The minimum absolute atomic E-state index is 0.307. The molecule has 0 fully saturated rings. The molecule has 0 heterocycles. The van der Waals surface area contributed by atoms with E-state index in [0.29, 0.717) is 6.54 Å². The highest BCUT2D eigenvalue weighted by Crippen LogP contribution is 2.17. The lowest BCUT2D eigenvalue weighted by Crippen LogP contribution is -2.37. The standard InChI is InChI=1S/C14H20NO2/c1-5-11-15(12-9-7-6-8-10-12)13(16)17-14(2,3)4/h6-7,9-10H,5,11H2,1-4H3. The van der Waals surface area contributed by atoms with Crippen LogP contribution in [0.1, 0.15) is 34.1 Å². The number of hydrogen-bond donors (Lipinski definition) is 0. The molecule has 1 radical (unpaired) electrons. The average molecular weight is 234 g/mol. The van der Waals surface area contributed by atoms with E-state index in [4.69, 9.17) is 4.74 Å². The molecule has 3 heteroatoms. The van der Waals surface area contributed by atoms with Crippen molar-refractivity contribution in [1.29, 1.82) is 0 Å². The van der Waals surface area contributed by atoms with Crippen LogP contribution in [0, 0.1) is 6.07 Å². The fourth-order valence-corrected chi connectivity index (χ4v) is 1.42. The number of carbonyl (C=O) groups excluding carboxylic acids is 1. The third-order valence-electron chi connectivity index (χ3n) is 2.06. The van der Waals surface area contributed by atoms with Gasteiger partial charge in [0.25, 0.3) is 0 Å². The van der Waals surface area contributed by atoms with E-state index in [1.165, 1.54) is 0 Å². The van der Waals surface area contributed by atoms with Crippen LogP contribution < -0.4 is 4.90 Å². The van der Waals surface area contributed by atoms with E-state index in [-0.39, 0.29) is 6.09 Å². The smallest absolute Gasteiger partial charge is 0.414 e. The van der Waals surface area contributed by atoms with E-state index >= 15 is 0 Å². The summed E-state index contributed by atoms with van der Waals surface area (Å²) in [5.41, 5.74) is 0.352. The molecule has 1 rings (SSSR count). The Bertz CT molecular complexity index is 354. The second kappa shape index (κ2) is 5.71. The molecule has 1 amide bonds. The Labute approximate surface area is 103 Å². The molecule has 1 aromatic rings. The summed E-state index contributed by atoms with van der Waals surface area (Å²) in [6.45, 7) is 8.28. The summed E-state index contributed by atoms with van der Waals surface area (Å²) in [7, 11) is 0. The molecule has 0 saturated heterocycles. The molecule has 0 aliphatic carbocycles. The molecule has 1 aromatic carbocycles. The molecule has 0 saturated carbocycles. The molecule has 0 spiro atoms. The van der Waals surface area contributed by atoms with Gasteiger partial charge in [-0.1, -0.05) is 19.1 Å². The van der Waals surface area contributed by atoms with Crippen molar-refractivity contribution < 1.29 is 9.53 Å². The zero-order valence-corrected chi connectivity index (χ0v) is 11.0. The van der Waals surface area contributed by atoms with Crippen LogP contribution in [0.15, 0.2) is 24.3 Å². The number of ether oxygens (including phenoxy) is 1. The second-order valence-corrected chi connectivity index (χ2v) is 4.89. The lowest BCUT2D eigenvalue weighted by molar-refractivity contribution is 0.0580. The van der Waals surface area contributed by atoms with Gasteiger partial charge < -0.3 is 4.74 Å². The summed E-state index contributed by atoms with van der Waals surface area (Å²) in [5.74, 6) is 0. The Hall–Kier alpha value is -1.51. The molecule has 17 heavy (non-hydrogen) atoms. The van der Waals surface area contributed by atoms with E-state index in [9.17, 15) is 4.79 Å². The number of rotatable bonds is 3. The Kier molecular flexibility index (Phi) is 4.55. The van der Waals surface area contributed by atoms with Crippen LogP contribution in [-0.4, -0.2) is 18.2 Å². The minimum atomic E-state index is -0.471. The number of carbonyl (C=O) groups is 1. The minimum Gasteiger partial charge on any atom is -0.443 e. The topological polar surface area (TPSA) is 29.5 Å². The first-order chi connectivity index (χ1) is 7.94. The molecule has 0 atom stereocenters. The Morgan fingerprint density at radius 2 is 2.18 bits per heavy atom. The maximum atomic E-state index is 12.0. The SMILES string of the molecule is CCCN(C(=O)OC(C)(C)C)c1c[c]ccc1. The molecule has 0 bridgehead atoms. The summed E-state index contributed by atoms with van der Waals surface area (Å²) in [6.07, 6.45) is 0.577. The summed E-state index contributed by atoms with van der Waals surface area (Å²) in [6, 6.07) is 10.3. The van der Waals surface area contributed by atoms with Crippen LogP contribution in [0.5, 0.6) is 0 Å². The maximum absolute atomic E-state index is 12.0. The lowest BCUT2D eigenvalue weighted by atomic mass is 10.2. The van der Waals surface area contributed by atoms with Gasteiger partial charge in [0.15, 0.2) is 0 Å². The van der Waals surface area contributed by atoms with Crippen LogP contribution in [0.25, 0.3) is 0 Å². The molecule has 0 aromatic heterocycles. The quantitative estimate of drug-likeness (QED) is 0.799. The van der Waals surface area contributed by atoms with E-state index in [2.05, 4.69) is 6.07 Å². The zero-order chi connectivity index (χ0) is 12.9. The molecule has 93 valence electrons. The van der Waals surface area contributed by atoms with Gasteiger partial charge in [-0.3, -0.25) is 4.90 Å². The van der Waals surface area contributed by atoms with Crippen LogP contribution in [0.3, 0.4) is 0 Å². The lowest BCUT2D eigenvalue weighted by Gasteiger charge is -2.27. The van der Waals surface area contributed by atoms with Gasteiger partial charge in [0, 0.05) is 12.2 Å². The molecule has 0 aliphatic heterocycles. The summed E-state index contributed by atoms with van der Waals surface area (Å²) in [5, 5.41) is 0. The summed E-state index contributed by atoms with van der Waals surface area (Å²) < 4.78 is 5.38. The third kappa shape index (κ3) is 4.47. The van der Waals surface area contributed by atoms with E-state index in [1.54, 1.807) is 11.0 Å². The summed E-state index contributed by atoms with van der Waals surface area (Å²) >= 11 is 0. The molecular weight excluding hydrogens is 214 g/mol. The zero-order valence-electron chi connectivity index (χ0n) is 11.0. The predicted octanol–water partition coefficient (Wildman–Crippen LogP) is 3.64. The summed E-state index contributed by atoms with van der Waals surface area (Å²) in [4.78, 5) is 13.7. The number of benzene rings is 1. The molecule has 0 N–H and O–H groups in total. The van der Waals surface area contributed by atoms with Gasteiger partial charge in [-0.15, -0.1) is 0 Å². The van der Waals surface area contributed by atoms with Crippen molar-refractivity contribution in [3.63, 3.8) is 0 Å². The largest absolute Gasteiger partial charge is 0.443 e. The first kappa shape index (κ1) is 13.6. The highest BCUT2D eigenvalue weighted by atomic mass is 16.6. The van der Waals surface area contributed by atoms with E-state index < -0.39 is 5.60 Å². The van der Waals surface area contributed by atoms with Crippen molar-refractivity contribution in [2.75, 3.05) is 11.4 Å². The van der Waals surface area contributed by atoms with Gasteiger partial charge in [0.1, 0.15) is 5.60 Å². The van der Waals surface area contributed by atoms with E-state index in [1.807, 2.05) is 45.9 Å². The number of amides is 1. The second-order valence-electron chi connectivity index (χ2n) is 4.89. The van der Waals surface area contributed by atoms with Crippen molar-refractivity contribution in [1.82, 2.24) is 0 Å². The Morgan fingerprint density at radius 1 is 1.47 bits per heavy atom. The van der Waals surface area contributed by atoms with Gasteiger partial charge in [-0.05, 0) is 45.4 Å². The Morgan fingerprint density at radius 3 is 2.65 bits per heavy atom. The van der Waals surface area contributed by atoms with E-state index in [0.717, 1.165) is 12.1 Å². The monoisotopic (exact) mass is 234 g/mol. The van der Waals surface area contributed by atoms with Crippen molar-refractivity contribution in [2.24, 2.45) is 0 Å². The highest BCUT2D eigenvalue weighted by Gasteiger charge is 2.22. The molecule has 3 nitrogen and oxygen atoms in total. The van der Waals surface area contributed by atoms with Crippen LogP contribution in [0.2, 0.25) is 0 Å². The fourth-order valence-electron chi connectivity index (χ4n) is 1.42. The third-order valence-corrected chi connectivity index (χ3v) is 2.06. The average Bonchev–Trinajstić information content (AvgIpc) is 2.24. The van der Waals surface area contributed by atoms with Crippen molar-refractivity contribution in [3.8, 4) is 0 Å². The van der Waals surface area contributed by atoms with Crippen molar-refractivity contribution in [2.45, 2.75) is 39.7 Å². The van der Waals surface area contributed by atoms with Crippen LogP contribution in [0.4, 0.5) is 10.5 Å². The van der Waals surface area contributed by atoms with Gasteiger partial charge in [-0.2, -0.15) is 0 Å². The number of hydrogen-bond acceptors (Lipinski definition) is 2. The van der Waals surface area contributed by atoms with Gasteiger partial charge in [-0.25, -0.2) is 4.79 Å². The van der Waals surface area contributed by atoms with Crippen LogP contribution >= 0.6 is 0 Å². The predicted molar refractivity (Wildman–Crippen MR) is 69.1 cm³/mol. The molecular formula is C14H20NO2. The van der Waals surface area contributed by atoms with Crippen molar-refractivity contribution >= 4 is 11.8 Å². The van der Waals surface area contributed by atoms with Gasteiger partial charge in [0.05, 0.1) is 0 Å². The van der Waals surface area contributed by atoms with Gasteiger partial charge in [0.2, 0.25) is 0 Å². The maximum Gasteiger partial charge on any atom is 0.414 e. The first-order valence-electron chi connectivity index (χ1n) is 5.90. The van der Waals surface area contributed by atoms with Crippen molar-refractivity contribution in [3.05, 3.63) is 30.3 Å². The first-order valence-corrected chi connectivity index (χ1v) is 5.90. The normalized spacial score (nSPS) is 11.1. The fraction of sp³-hybridized carbons (Fsp3) is 0.500. The molecule has 0 aliphatic rings. The van der Waals surface area contributed by atoms with Crippen LogP contribution in [-0.2, 0) is 4.74 Å².